The molecule has 0 bridgehead atoms. The lowest BCUT2D eigenvalue weighted by Gasteiger charge is -2.26. The van der Waals surface area contributed by atoms with Crippen LogP contribution in [0.25, 0.3) is 0 Å². The number of rotatable bonds is 9. The molecule has 32 heavy (non-hydrogen) atoms. The normalized spacial score (nSPS) is 12.2. The van der Waals surface area contributed by atoms with Crippen LogP contribution in [0.2, 0.25) is 5.02 Å². The number of ether oxygens (including phenoxy) is 1. The van der Waals surface area contributed by atoms with E-state index >= 15 is 0 Å². The van der Waals surface area contributed by atoms with Gasteiger partial charge in [-0.1, -0.05) is 72.3 Å². The Balaban J connectivity index is 1.80. The first kappa shape index (κ1) is 23.8. The van der Waals surface area contributed by atoms with Crippen molar-refractivity contribution >= 4 is 27.5 Å². The van der Waals surface area contributed by atoms with Crippen LogP contribution in [0.1, 0.15) is 18.1 Å². The Kier molecular flexibility index (Phi) is 7.90. The van der Waals surface area contributed by atoms with Gasteiger partial charge in [-0.3, -0.25) is 4.79 Å². The smallest absolute Gasteiger partial charge is 0.241 e. The predicted octanol–water partition coefficient (Wildman–Crippen LogP) is 4.24. The number of nitrogens with one attached hydrogen (secondary N) is 1. The number of hydrogen-bond donors (Lipinski definition) is 1. The highest BCUT2D eigenvalue weighted by atomic mass is 35.5. The summed E-state index contributed by atoms with van der Waals surface area (Å²) < 4.78 is 33.3. The van der Waals surface area contributed by atoms with Crippen molar-refractivity contribution in [3.63, 3.8) is 0 Å². The Morgan fingerprint density at radius 3 is 1.97 bits per heavy atom. The van der Waals surface area contributed by atoms with E-state index in [-0.39, 0.29) is 15.8 Å². The molecule has 1 N–H and O–H groups in total. The summed E-state index contributed by atoms with van der Waals surface area (Å²) in [6.07, 6.45) is 0. The van der Waals surface area contributed by atoms with Crippen LogP contribution >= 0.6 is 11.6 Å². The van der Waals surface area contributed by atoms with Gasteiger partial charge in [0.25, 0.3) is 0 Å². The summed E-state index contributed by atoms with van der Waals surface area (Å²) in [5.41, 5.74) is 1.91. The molecule has 0 unspecified atom stereocenters. The fourth-order valence-corrected chi connectivity index (χ4v) is 4.80. The maximum Gasteiger partial charge on any atom is 0.241 e. The quantitative estimate of drug-likeness (QED) is 0.505. The van der Waals surface area contributed by atoms with E-state index in [4.69, 9.17) is 16.3 Å². The molecular formula is C24H25ClN2O4S. The van der Waals surface area contributed by atoms with E-state index in [1.165, 1.54) is 32.2 Å². The second-order valence-electron chi connectivity index (χ2n) is 7.30. The monoisotopic (exact) mass is 472 g/mol. The molecule has 0 saturated heterocycles. The Hall–Kier alpha value is -2.87. The van der Waals surface area contributed by atoms with Gasteiger partial charge in [-0.15, -0.1) is 0 Å². The molecule has 0 spiro atoms. The number of carbonyl (C=O) groups is 1. The highest BCUT2D eigenvalue weighted by molar-refractivity contribution is 7.89. The zero-order chi connectivity index (χ0) is 23.1. The summed E-state index contributed by atoms with van der Waals surface area (Å²) in [6, 6.07) is 22.3. The maximum atomic E-state index is 13.3. The Morgan fingerprint density at radius 2 is 1.50 bits per heavy atom. The molecule has 0 fully saturated rings. The Labute approximate surface area is 193 Å². The highest BCUT2D eigenvalue weighted by Crippen LogP contribution is 2.27. The largest absolute Gasteiger partial charge is 0.495 e. The van der Waals surface area contributed by atoms with Gasteiger partial charge in [0.15, 0.2) is 0 Å². The van der Waals surface area contributed by atoms with Crippen molar-refractivity contribution < 1.29 is 17.9 Å². The first-order valence-electron chi connectivity index (χ1n) is 10.0. The number of sulfonamides is 1. The fraction of sp³-hybridized carbons (Fsp3) is 0.208. The van der Waals surface area contributed by atoms with Crippen molar-refractivity contribution in [3.05, 3.63) is 95.0 Å². The van der Waals surface area contributed by atoms with Crippen molar-refractivity contribution in [3.8, 4) is 5.75 Å². The first-order chi connectivity index (χ1) is 15.3. The van der Waals surface area contributed by atoms with Crippen molar-refractivity contribution in [2.45, 2.75) is 31.0 Å². The van der Waals surface area contributed by atoms with Gasteiger partial charge in [0, 0.05) is 13.1 Å². The highest BCUT2D eigenvalue weighted by Gasteiger charge is 2.26. The van der Waals surface area contributed by atoms with Gasteiger partial charge < -0.3 is 9.64 Å². The van der Waals surface area contributed by atoms with Crippen LogP contribution in [0, 0.1) is 0 Å². The summed E-state index contributed by atoms with van der Waals surface area (Å²) in [6.45, 7) is 2.25. The molecule has 0 aliphatic rings. The van der Waals surface area contributed by atoms with E-state index < -0.39 is 16.1 Å². The van der Waals surface area contributed by atoms with Gasteiger partial charge in [-0.05, 0) is 36.2 Å². The molecule has 1 amide bonds. The molecule has 0 aliphatic carbocycles. The van der Waals surface area contributed by atoms with Gasteiger partial charge in [0.05, 0.1) is 23.1 Å². The topological polar surface area (TPSA) is 75.7 Å². The van der Waals surface area contributed by atoms with Crippen LogP contribution in [0.15, 0.2) is 83.8 Å². The lowest BCUT2D eigenvalue weighted by atomic mass is 10.1. The lowest BCUT2D eigenvalue weighted by molar-refractivity contribution is -0.133. The summed E-state index contributed by atoms with van der Waals surface area (Å²) in [5.74, 6) is 0.0347. The van der Waals surface area contributed by atoms with E-state index in [2.05, 4.69) is 4.72 Å². The maximum absolute atomic E-state index is 13.3. The number of halogens is 1. The average molecular weight is 473 g/mol. The first-order valence-corrected chi connectivity index (χ1v) is 11.9. The number of nitrogens with zero attached hydrogens (tertiary/aromatic N) is 1. The van der Waals surface area contributed by atoms with Crippen molar-refractivity contribution in [1.29, 1.82) is 0 Å². The zero-order valence-corrected chi connectivity index (χ0v) is 19.4. The summed E-state index contributed by atoms with van der Waals surface area (Å²) in [7, 11) is -2.52. The van der Waals surface area contributed by atoms with Gasteiger partial charge in [-0.2, -0.15) is 4.72 Å². The molecule has 1 atom stereocenters. The predicted molar refractivity (Wildman–Crippen MR) is 125 cm³/mol. The standard InChI is InChI=1S/C24H25ClN2O4S/c1-18(26-32(29,30)21-13-14-23(31-2)22(25)15-21)24(28)27(16-19-9-5-3-6-10-19)17-20-11-7-4-8-12-20/h3-15,18,26H,16-17H2,1-2H3/t18-/m0/s1. The molecule has 0 heterocycles. The molecule has 3 aromatic carbocycles. The van der Waals surface area contributed by atoms with Gasteiger partial charge in [0.2, 0.25) is 15.9 Å². The van der Waals surface area contributed by atoms with Crippen LogP contribution in [0.5, 0.6) is 5.75 Å². The number of hydrogen-bond acceptors (Lipinski definition) is 4. The second kappa shape index (κ2) is 10.6. The minimum absolute atomic E-state index is 0.0411. The van der Waals surface area contributed by atoms with Crippen molar-refractivity contribution in [2.75, 3.05) is 7.11 Å². The number of carbonyl (C=O) groups excluding carboxylic acids is 1. The minimum Gasteiger partial charge on any atom is -0.495 e. The molecular weight excluding hydrogens is 448 g/mol. The van der Waals surface area contributed by atoms with E-state index in [1.54, 1.807) is 4.90 Å². The van der Waals surface area contributed by atoms with Gasteiger partial charge >= 0.3 is 0 Å². The van der Waals surface area contributed by atoms with Gasteiger partial charge in [0.1, 0.15) is 5.75 Å². The lowest BCUT2D eigenvalue weighted by Crippen LogP contribution is -2.46. The number of methoxy groups -OCH3 is 1. The molecule has 0 radical (unpaired) electrons. The summed E-state index contributed by atoms with van der Waals surface area (Å²) in [4.78, 5) is 14.9. The molecule has 168 valence electrons. The molecule has 0 saturated carbocycles. The number of benzene rings is 3. The van der Waals surface area contributed by atoms with Crippen LogP contribution < -0.4 is 9.46 Å². The van der Waals surface area contributed by atoms with Crippen LogP contribution in [0.3, 0.4) is 0 Å². The van der Waals surface area contributed by atoms with E-state index in [0.29, 0.717) is 18.8 Å². The van der Waals surface area contributed by atoms with E-state index in [9.17, 15) is 13.2 Å². The molecule has 8 heteroatoms. The summed E-state index contributed by atoms with van der Waals surface area (Å²) in [5, 5.41) is 0.170. The minimum atomic E-state index is -3.97. The Morgan fingerprint density at radius 1 is 0.969 bits per heavy atom. The molecule has 3 rings (SSSR count). The van der Waals surface area contributed by atoms with Crippen molar-refractivity contribution in [2.24, 2.45) is 0 Å². The third-order valence-corrected chi connectivity index (χ3v) is 6.71. The van der Waals surface area contributed by atoms with Crippen LogP contribution in [-0.2, 0) is 27.9 Å². The van der Waals surface area contributed by atoms with E-state index in [1.807, 2.05) is 60.7 Å². The van der Waals surface area contributed by atoms with Crippen LogP contribution in [-0.4, -0.2) is 32.4 Å². The zero-order valence-electron chi connectivity index (χ0n) is 17.9. The van der Waals surface area contributed by atoms with Gasteiger partial charge in [-0.25, -0.2) is 8.42 Å². The average Bonchev–Trinajstić information content (AvgIpc) is 2.79. The third-order valence-electron chi connectivity index (χ3n) is 4.88. The van der Waals surface area contributed by atoms with Crippen LogP contribution in [0.4, 0.5) is 0 Å². The molecule has 3 aromatic rings. The van der Waals surface area contributed by atoms with E-state index in [0.717, 1.165) is 11.1 Å². The molecule has 0 aromatic heterocycles. The third kappa shape index (κ3) is 6.09. The second-order valence-corrected chi connectivity index (χ2v) is 9.43. The molecule has 0 aliphatic heterocycles. The van der Waals surface area contributed by atoms with Crippen molar-refractivity contribution in [1.82, 2.24) is 9.62 Å². The number of amides is 1. The summed E-state index contributed by atoms with van der Waals surface area (Å²) >= 11 is 6.07. The molecule has 6 nitrogen and oxygen atoms in total. The fourth-order valence-electron chi connectivity index (χ4n) is 3.26. The SMILES string of the molecule is COc1ccc(S(=O)(=O)N[C@@H](C)C(=O)N(Cc2ccccc2)Cc2ccccc2)cc1Cl. The Bertz CT molecular complexity index is 1110.